The van der Waals surface area contributed by atoms with Crippen molar-refractivity contribution >= 4 is 5.97 Å². The number of carboxylic acids is 1. The maximum Gasteiger partial charge on any atom is 0.304 e. The molecule has 0 amide bonds. The number of halogens is 3. The molecule has 2 rings (SSSR count). The van der Waals surface area contributed by atoms with E-state index in [0.717, 1.165) is 6.42 Å². The normalized spacial score (nSPS) is 17.6. The third kappa shape index (κ3) is 2.01. The summed E-state index contributed by atoms with van der Waals surface area (Å²) in [4.78, 5) is 10.8. The van der Waals surface area contributed by atoms with E-state index in [1.807, 2.05) is 0 Å². The van der Waals surface area contributed by atoms with Crippen molar-refractivity contribution in [1.29, 1.82) is 0 Å². The molecule has 0 aromatic heterocycles. The Morgan fingerprint density at radius 2 is 1.76 bits per heavy atom. The first-order chi connectivity index (χ1) is 7.94. The van der Waals surface area contributed by atoms with Crippen molar-refractivity contribution in [2.24, 2.45) is 0 Å². The number of hydrogen-bond acceptors (Lipinski definition) is 1. The van der Waals surface area contributed by atoms with E-state index < -0.39 is 28.8 Å². The first-order valence-electron chi connectivity index (χ1n) is 5.31. The zero-order valence-corrected chi connectivity index (χ0v) is 8.97. The molecule has 1 aromatic carbocycles. The fourth-order valence-corrected chi connectivity index (χ4v) is 2.46. The van der Waals surface area contributed by atoms with Crippen molar-refractivity contribution in [1.82, 2.24) is 0 Å². The Hall–Kier alpha value is -1.52. The van der Waals surface area contributed by atoms with Crippen molar-refractivity contribution in [3.05, 3.63) is 35.1 Å². The van der Waals surface area contributed by atoms with Gasteiger partial charge >= 0.3 is 5.97 Å². The van der Waals surface area contributed by atoms with Crippen LogP contribution in [0.2, 0.25) is 0 Å². The molecule has 0 unspecified atom stereocenters. The summed E-state index contributed by atoms with van der Waals surface area (Å²) in [5.74, 6) is -4.09. The Morgan fingerprint density at radius 1 is 1.24 bits per heavy atom. The quantitative estimate of drug-likeness (QED) is 0.887. The molecule has 1 fully saturated rings. The van der Waals surface area contributed by atoms with Crippen molar-refractivity contribution in [3.8, 4) is 0 Å². The van der Waals surface area contributed by atoms with E-state index >= 15 is 0 Å². The van der Waals surface area contributed by atoms with Gasteiger partial charge in [-0.05, 0) is 12.8 Å². The van der Waals surface area contributed by atoms with Crippen molar-refractivity contribution in [3.63, 3.8) is 0 Å². The van der Waals surface area contributed by atoms with Gasteiger partial charge in [-0.25, -0.2) is 13.2 Å². The second-order valence-electron chi connectivity index (χ2n) is 4.45. The first-order valence-corrected chi connectivity index (χ1v) is 5.31. The molecule has 0 atom stereocenters. The monoisotopic (exact) mass is 244 g/mol. The predicted molar refractivity (Wildman–Crippen MR) is 54.1 cm³/mol. The van der Waals surface area contributed by atoms with Gasteiger partial charge in [0, 0.05) is 23.1 Å². The van der Waals surface area contributed by atoms with E-state index in [2.05, 4.69) is 0 Å². The van der Waals surface area contributed by atoms with Gasteiger partial charge in [0.05, 0.1) is 6.42 Å². The minimum Gasteiger partial charge on any atom is -0.481 e. The zero-order chi connectivity index (χ0) is 12.6. The van der Waals surface area contributed by atoms with Gasteiger partial charge < -0.3 is 5.11 Å². The summed E-state index contributed by atoms with van der Waals surface area (Å²) in [6, 6.07) is 1.20. The van der Waals surface area contributed by atoms with Crippen LogP contribution in [0.5, 0.6) is 0 Å². The van der Waals surface area contributed by atoms with Crippen molar-refractivity contribution in [2.45, 2.75) is 31.1 Å². The van der Waals surface area contributed by atoms with Gasteiger partial charge in [-0.1, -0.05) is 6.42 Å². The van der Waals surface area contributed by atoms with Crippen LogP contribution in [0.4, 0.5) is 13.2 Å². The summed E-state index contributed by atoms with van der Waals surface area (Å²) >= 11 is 0. The Bertz CT molecular complexity index is 444. The van der Waals surface area contributed by atoms with Crippen LogP contribution in [-0.2, 0) is 10.2 Å². The summed E-state index contributed by atoms with van der Waals surface area (Å²) in [6.07, 6.45) is 1.23. The standard InChI is InChI=1S/C12H11F3O2/c13-7-4-8(14)11(9(15)5-7)12(2-1-3-12)6-10(16)17/h4-5H,1-3,6H2,(H,16,17). The van der Waals surface area contributed by atoms with E-state index in [1.165, 1.54) is 0 Å². The van der Waals surface area contributed by atoms with Crippen molar-refractivity contribution < 1.29 is 23.1 Å². The average molecular weight is 244 g/mol. The van der Waals surface area contributed by atoms with E-state index in [9.17, 15) is 18.0 Å². The second kappa shape index (κ2) is 4.05. The summed E-state index contributed by atoms with van der Waals surface area (Å²) in [5, 5.41) is 8.79. The molecule has 92 valence electrons. The molecule has 5 heteroatoms. The summed E-state index contributed by atoms with van der Waals surface area (Å²) in [7, 11) is 0. The van der Waals surface area contributed by atoms with Crippen LogP contribution in [0.15, 0.2) is 12.1 Å². The highest BCUT2D eigenvalue weighted by Gasteiger charge is 2.44. The summed E-state index contributed by atoms with van der Waals surface area (Å²) in [6.45, 7) is 0. The topological polar surface area (TPSA) is 37.3 Å². The molecular weight excluding hydrogens is 233 g/mol. The molecule has 0 saturated heterocycles. The van der Waals surface area contributed by atoms with Gasteiger partial charge in [0.1, 0.15) is 17.5 Å². The molecular formula is C12H11F3O2. The van der Waals surface area contributed by atoms with Crippen LogP contribution >= 0.6 is 0 Å². The number of rotatable bonds is 3. The Balaban J connectivity index is 2.47. The molecule has 0 aliphatic heterocycles. The molecule has 0 spiro atoms. The lowest BCUT2D eigenvalue weighted by molar-refractivity contribution is -0.139. The molecule has 0 heterocycles. The smallest absolute Gasteiger partial charge is 0.304 e. The fourth-order valence-electron chi connectivity index (χ4n) is 2.46. The lowest BCUT2D eigenvalue weighted by Crippen LogP contribution is -2.38. The van der Waals surface area contributed by atoms with Crippen LogP contribution in [-0.4, -0.2) is 11.1 Å². The van der Waals surface area contributed by atoms with E-state index in [-0.39, 0.29) is 12.0 Å². The highest BCUT2D eigenvalue weighted by Crippen LogP contribution is 2.48. The number of carbonyl (C=O) groups is 1. The van der Waals surface area contributed by atoms with Crippen LogP contribution in [0.3, 0.4) is 0 Å². The highest BCUT2D eigenvalue weighted by molar-refractivity contribution is 5.69. The van der Waals surface area contributed by atoms with E-state index in [4.69, 9.17) is 5.11 Å². The van der Waals surface area contributed by atoms with Crippen LogP contribution in [0.25, 0.3) is 0 Å². The lowest BCUT2D eigenvalue weighted by atomic mass is 9.62. The van der Waals surface area contributed by atoms with Crippen LogP contribution in [0.1, 0.15) is 31.2 Å². The van der Waals surface area contributed by atoms with Crippen molar-refractivity contribution in [2.75, 3.05) is 0 Å². The third-order valence-corrected chi connectivity index (χ3v) is 3.34. The zero-order valence-electron chi connectivity index (χ0n) is 8.97. The van der Waals surface area contributed by atoms with Gasteiger partial charge in [-0.15, -0.1) is 0 Å². The lowest BCUT2D eigenvalue weighted by Gasteiger charge is -2.41. The minimum absolute atomic E-state index is 0.285. The molecule has 0 bridgehead atoms. The summed E-state index contributed by atoms with van der Waals surface area (Å²) < 4.78 is 40.0. The number of aliphatic carboxylic acids is 1. The average Bonchev–Trinajstić information content (AvgIpc) is 2.11. The van der Waals surface area contributed by atoms with E-state index in [1.54, 1.807) is 0 Å². The Kier molecular flexibility index (Phi) is 2.85. The highest BCUT2D eigenvalue weighted by atomic mass is 19.1. The maximum absolute atomic E-state index is 13.6. The third-order valence-electron chi connectivity index (χ3n) is 3.34. The molecule has 1 aliphatic rings. The second-order valence-corrected chi connectivity index (χ2v) is 4.45. The SMILES string of the molecule is O=C(O)CC1(c2c(F)cc(F)cc2F)CCC1. The number of hydrogen-bond donors (Lipinski definition) is 1. The van der Waals surface area contributed by atoms with Gasteiger partial charge in [-0.3, -0.25) is 4.79 Å². The van der Waals surface area contributed by atoms with Crippen LogP contribution in [0, 0.1) is 17.5 Å². The van der Waals surface area contributed by atoms with Crippen LogP contribution < -0.4 is 0 Å². The molecule has 1 saturated carbocycles. The van der Waals surface area contributed by atoms with Gasteiger partial charge in [0.15, 0.2) is 0 Å². The Morgan fingerprint density at radius 3 is 2.12 bits per heavy atom. The summed E-state index contributed by atoms with van der Waals surface area (Å²) in [5.41, 5.74) is -1.29. The molecule has 17 heavy (non-hydrogen) atoms. The Labute approximate surface area is 96.1 Å². The predicted octanol–water partition coefficient (Wildman–Crippen LogP) is 3.00. The minimum atomic E-state index is -1.10. The fraction of sp³-hybridized carbons (Fsp3) is 0.417. The molecule has 1 aromatic rings. The number of benzene rings is 1. The van der Waals surface area contributed by atoms with E-state index in [0.29, 0.717) is 25.0 Å². The molecule has 0 radical (unpaired) electrons. The molecule has 2 nitrogen and oxygen atoms in total. The van der Waals surface area contributed by atoms with Gasteiger partial charge in [0.2, 0.25) is 0 Å². The first kappa shape index (κ1) is 12.0. The largest absolute Gasteiger partial charge is 0.481 e. The maximum atomic E-state index is 13.6. The van der Waals surface area contributed by atoms with Gasteiger partial charge in [0.25, 0.3) is 0 Å². The number of carboxylic acid groups (broad SMARTS) is 1. The van der Waals surface area contributed by atoms with Gasteiger partial charge in [-0.2, -0.15) is 0 Å². The molecule has 1 aliphatic carbocycles. The molecule has 1 N–H and O–H groups in total.